The number of benzene rings is 2. The Hall–Kier alpha value is -4.16. The molecule has 232 valence electrons. The highest BCUT2D eigenvalue weighted by Crippen LogP contribution is 2.44. The number of hydrogen-bond donors (Lipinski definition) is 1. The Morgan fingerprint density at radius 1 is 0.978 bits per heavy atom. The van der Waals surface area contributed by atoms with Crippen LogP contribution in [0.1, 0.15) is 59.9 Å². The Balaban J connectivity index is 1.37. The van der Waals surface area contributed by atoms with Gasteiger partial charge in [0, 0.05) is 23.1 Å². The lowest BCUT2D eigenvalue weighted by Gasteiger charge is -2.45. The zero-order valence-electron chi connectivity index (χ0n) is 26.9. The summed E-state index contributed by atoms with van der Waals surface area (Å²) in [4.78, 5) is 30.5. The molecule has 2 saturated heterocycles. The minimum absolute atomic E-state index is 0.0540. The Bertz CT molecular complexity index is 1850. The second-order valence-electron chi connectivity index (χ2n) is 13.8. The van der Waals surface area contributed by atoms with E-state index in [1.54, 1.807) is 11.2 Å². The topological polar surface area (TPSA) is 91.7 Å². The summed E-state index contributed by atoms with van der Waals surface area (Å²) in [6, 6.07) is 14.4. The maximum Gasteiger partial charge on any atom is 0.407 e. The number of carboxylic acid groups (broad SMARTS) is 1. The van der Waals surface area contributed by atoms with Crippen LogP contribution in [0.4, 0.5) is 10.6 Å². The molecule has 45 heavy (non-hydrogen) atoms. The Morgan fingerprint density at radius 2 is 1.71 bits per heavy atom. The third kappa shape index (κ3) is 4.56. The monoisotopic (exact) mass is 619 g/mol. The molecule has 2 bridgehead atoms. The van der Waals surface area contributed by atoms with Crippen molar-refractivity contribution in [1.29, 1.82) is 0 Å². The molecule has 3 aliphatic rings. The highest BCUT2D eigenvalue weighted by Gasteiger charge is 2.50. The van der Waals surface area contributed by atoms with Crippen molar-refractivity contribution < 1.29 is 14.6 Å². The lowest BCUT2D eigenvalue weighted by atomic mass is 9.97. The highest BCUT2D eigenvalue weighted by molar-refractivity contribution is 6.90. The lowest BCUT2D eigenvalue weighted by Crippen LogP contribution is -2.62. The van der Waals surface area contributed by atoms with Gasteiger partial charge in [0.05, 0.1) is 29.3 Å². The summed E-state index contributed by atoms with van der Waals surface area (Å²) >= 11 is 0. The van der Waals surface area contributed by atoms with E-state index in [0.29, 0.717) is 35.7 Å². The first-order valence-electron chi connectivity index (χ1n) is 16.2. The number of piperazine rings is 1. The van der Waals surface area contributed by atoms with Gasteiger partial charge < -0.3 is 14.7 Å². The molecule has 0 spiro atoms. The molecule has 2 aromatic carbocycles. The molecule has 0 aliphatic carbocycles. The average molecular weight is 620 g/mol. The van der Waals surface area contributed by atoms with Gasteiger partial charge in [-0.15, -0.1) is 5.54 Å². The average Bonchev–Trinajstić information content (AvgIpc) is 3.25. The molecular formula is C36H41N5O3Si. The van der Waals surface area contributed by atoms with Gasteiger partial charge in [-0.25, -0.2) is 19.7 Å². The third-order valence-electron chi connectivity index (χ3n) is 10.7. The SMILES string of the molecule is CC(C)[Si](C#Cc1cccc2cccc(-c3cc4ncnc5c4c(n3)OCC3C4CCC(CN53)N4C(=O)O)c12)(C(C)C)C(C)C. The molecule has 4 aromatic rings. The number of ether oxygens (including phenoxy) is 1. The van der Waals surface area contributed by atoms with Crippen molar-refractivity contribution in [2.45, 2.75) is 89.1 Å². The van der Waals surface area contributed by atoms with Crippen LogP contribution in [0.2, 0.25) is 16.6 Å². The van der Waals surface area contributed by atoms with Gasteiger partial charge in [-0.2, -0.15) is 0 Å². The van der Waals surface area contributed by atoms with E-state index in [1.165, 1.54) is 0 Å². The predicted molar refractivity (Wildman–Crippen MR) is 182 cm³/mol. The number of carbonyl (C=O) groups is 1. The van der Waals surface area contributed by atoms with Crippen LogP contribution < -0.4 is 9.64 Å². The zero-order chi connectivity index (χ0) is 31.6. The first kappa shape index (κ1) is 29.5. The van der Waals surface area contributed by atoms with Gasteiger partial charge in [-0.1, -0.05) is 77.8 Å². The summed E-state index contributed by atoms with van der Waals surface area (Å²) in [6.07, 6.45) is 2.41. The molecule has 5 heterocycles. The van der Waals surface area contributed by atoms with Gasteiger partial charge in [0.1, 0.15) is 32.2 Å². The quantitative estimate of drug-likeness (QED) is 0.187. The van der Waals surface area contributed by atoms with Crippen LogP contribution in [0.25, 0.3) is 32.9 Å². The molecule has 1 N–H and O–H groups in total. The fourth-order valence-electron chi connectivity index (χ4n) is 8.70. The van der Waals surface area contributed by atoms with Crippen molar-refractivity contribution in [3.63, 3.8) is 0 Å². The van der Waals surface area contributed by atoms with Crippen molar-refractivity contribution in [1.82, 2.24) is 19.9 Å². The minimum atomic E-state index is -1.94. The standard InChI is InChI=1S/C36H41N5O3Si/c1-21(2)45(22(3)4,23(5)6)16-15-25-10-7-9-24-11-8-12-27(32(24)25)28-17-29-33-34(38-20-37-29)40-18-26-13-14-30(41(26)36(42)43)31(40)19-44-35(33)39-28/h7-12,17,20-23,26,30-31H,13-14,18-19H2,1-6H3,(H,42,43). The number of aromatic nitrogens is 3. The molecule has 0 radical (unpaired) electrons. The van der Waals surface area contributed by atoms with Crippen LogP contribution in [0.3, 0.4) is 0 Å². The smallest absolute Gasteiger partial charge is 0.407 e. The van der Waals surface area contributed by atoms with Crippen molar-refractivity contribution in [3.05, 3.63) is 54.4 Å². The van der Waals surface area contributed by atoms with Gasteiger partial charge in [-0.3, -0.25) is 4.90 Å². The van der Waals surface area contributed by atoms with E-state index in [4.69, 9.17) is 19.7 Å². The summed E-state index contributed by atoms with van der Waals surface area (Å²) in [5.74, 6) is 4.98. The fourth-order valence-corrected chi connectivity index (χ4v) is 13.9. The van der Waals surface area contributed by atoms with Crippen LogP contribution in [0, 0.1) is 11.5 Å². The molecule has 2 aromatic heterocycles. The Labute approximate surface area is 265 Å². The largest absolute Gasteiger partial charge is 0.475 e. The summed E-state index contributed by atoms with van der Waals surface area (Å²) in [5.41, 5.74) is 9.09. The van der Waals surface area contributed by atoms with E-state index >= 15 is 0 Å². The molecular weight excluding hydrogens is 579 g/mol. The molecule has 8 nitrogen and oxygen atoms in total. The fraction of sp³-hybridized carbons (Fsp3) is 0.444. The number of pyridine rings is 1. The summed E-state index contributed by atoms with van der Waals surface area (Å²) < 4.78 is 6.47. The molecule has 3 atom stereocenters. The van der Waals surface area contributed by atoms with Gasteiger partial charge in [0.15, 0.2) is 0 Å². The van der Waals surface area contributed by atoms with Crippen LogP contribution in [0.5, 0.6) is 5.88 Å². The predicted octanol–water partition coefficient (Wildman–Crippen LogP) is 7.51. The van der Waals surface area contributed by atoms with Gasteiger partial charge in [0.25, 0.3) is 0 Å². The maximum atomic E-state index is 12.1. The number of nitrogens with zero attached hydrogens (tertiary/aromatic N) is 5. The first-order chi connectivity index (χ1) is 21.6. The number of rotatable bonds is 4. The van der Waals surface area contributed by atoms with E-state index in [9.17, 15) is 9.90 Å². The van der Waals surface area contributed by atoms with Crippen molar-refractivity contribution in [2.75, 3.05) is 18.1 Å². The van der Waals surface area contributed by atoms with E-state index in [-0.39, 0.29) is 18.1 Å². The molecule has 9 heteroatoms. The van der Waals surface area contributed by atoms with Crippen molar-refractivity contribution in [3.8, 4) is 28.6 Å². The second kappa shape index (κ2) is 11.0. The zero-order valence-corrected chi connectivity index (χ0v) is 27.9. The van der Waals surface area contributed by atoms with Gasteiger partial charge in [0.2, 0.25) is 5.88 Å². The summed E-state index contributed by atoms with van der Waals surface area (Å²) in [7, 11) is -1.94. The number of amides is 1. The van der Waals surface area contributed by atoms with E-state index in [2.05, 4.69) is 94.3 Å². The van der Waals surface area contributed by atoms with E-state index in [1.807, 2.05) is 6.07 Å². The molecule has 0 saturated carbocycles. The molecule has 3 aliphatic heterocycles. The summed E-state index contributed by atoms with van der Waals surface area (Å²) in [6.45, 7) is 15.0. The Kier molecular flexibility index (Phi) is 7.24. The lowest BCUT2D eigenvalue weighted by molar-refractivity contribution is 0.0908. The van der Waals surface area contributed by atoms with Crippen molar-refractivity contribution in [2.24, 2.45) is 0 Å². The summed E-state index contributed by atoms with van der Waals surface area (Å²) in [5, 5.41) is 12.9. The minimum Gasteiger partial charge on any atom is -0.475 e. The van der Waals surface area contributed by atoms with Crippen molar-refractivity contribution >= 4 is 41.7 Å². The second-order valence-corrected chi connectivity index (χ2v) is 19.4. The molecule has 3 unspecified atom stereocenters. The number of fused-ring (bicyclic) bond motifs is 6. The van der Waals surface area contributed by atoms with Gasteiger partial charge in [-0.05, 0) is 47.0 Å². The van der Waals surface area contributed by atoms with E-state index < -0.39 is 14.2 Å². The van der Waals surface area contributed by atoms with Crippen LogP contribution in [0.15, 0.2) is 48.8 Å². The Morgan fingerprint density at radius 3 is 2.42 bits per heavy atom. The maximum absolute atomic E-state index is 12.1. The third-order valence-corrected chi connectivity index (χ3v) is 17.0. The first-order valence-corrected chi connectivity index (χ1v) is 18.5. The highest BCUT2D eigenvalue weighted by atomic mass is 28.3. The van der Waals surface area contributed by atoms with E-state index in [0.717, 1.165) is 57.2 Å². The van der Waals surface area contributed by atoms with Crippen LogP contribution >= 0.6 is 0 Å². The number of anilines is 1. The normalized spacial score (nSPS) is 20.8. The van der Waals surface area contributed by atoms with Gasteiger partial charge >= 0.3 is 6.09 Å². The van der Waals surface area contributed by atoms with Crippen LogP contribution in [-0.2, 0) is 0 Å². The molecule has 7 rings (SSSR count). The molecule has 2 fully saturated rings. The van der Waals surface area contributed by atoms with Crippen LogP contribution in [-0.4, -0.2) is 70.4 Å². The molecule has 1 amide bonds. The number of hydrogen-bond acceptors (Lipinski definition) is 6.